The van der Waals surface area contributed by atoms with E-state index in [1.165, 1.54) is 29.6 Å². The van der Waals surface area contributed by atoms with Crippen LogP contribution >= 0.6 is 0 Å². The summed E-state index contributed by atoms with van der Waals surface area (Å²) in [6, 6.07) is 0. The molecule has 0 fully saturated rings. The molecule has 128 valence electrons. The van der Waals surface area contributed by atoms with Crippen LogP contribution in [0, 0.1) is 11.8 Å². The highest BCUT2D eigenvalue weighted by atomic mass is 28.4. The molecule has 0 aliphatic heterocycles. The van der Waals surface area contributed by atoms with E-state index >= 15 is 0 Å². The first-order valence-electron chi connectivity index (χ1n) is 8.99. The van der Waals surface area contributed by atoms with Crippen molar-refractivity contribution in [3.05, 3.63) is 40.0 Å². The van der Waals surface area contributed by atoms with Crippen LogP contribution in [0.25, 0.3) is 0 Å². The lowest BCUT2D eigenvalue weighted by molar-refractivity contribution is 0.343. The smallest absolute Gasteiger partial charge is 0.241 e. The fourth-order valence-electron chi connectivity index (χ4n) is 3.45. The Bertz CT molecular complexity index is 583. The zero-order valence-corrected chi connectivity index (χ0v) is 16.6. The second-order valence-corrected chi connectivity index (χ2v) is 12.4. The van der Waals surface area contributed by atoms with Crippen molar-refractivity contribution in [3.8, 4) is 0 Å². The van der Waals surface area contributed by atoms with E-state index in [9.17, 15) is 5.11 Å². The summed E-state index contributed by atoms with van der Waals surface area (Å²) in [6.07, 6.45) is 7.07. The van der Waals surface area contributed by atoms with Crippen LogP contribution in [-0.2, 0) is 4.43 Å². The fourth-order valence-corrected chi connectivity index (χ4v) is 4.42. The SMILES string of the molecule is CCCCC1=C=C2C(C)=C(O[Si](C)(C)C)C[C@H]2C/C(O)=C\[C@@H]1C. The molecule has 2 rings (SSSR count). The monoisotopic (exact) mass is 332 g/mol. The number of hydrogen-bond donors (Lipinski definition) is 1. The Morgan fingerprint density at radius 1 is 1.30 bits per heavy atom. The van der Waals surface area contributed by atoms with Crippen molar-refractivity contribution in [2.75, 3.05) is 0 Å². The molecule has 2 aliphatic carbocycles. The standard InChI is InChI=1S/C20H32O2Si/c1-7-8-9-16-12-19-15(3)20(22-23(4,5)6)13-17(19)11-18(21)10-14(16)2/h10,14,17,21H,7-9,11,13H2,1-6H3/b18-10+/t12?,14-,17+/m0/s1. The van der Waals surface area contributed by atoms with Crippen LogP contribution < -0.4 is 0 Å². The minimum absolute atomic E-state index is 0.268. The molecule has 0 spiro atoms. The van der Waals surface area contributed by atoms with E-state index in [-0.39, 0.29) is 5.92 Å². The number of rotatable bonds is 5. The van der Waals surface area contributed by atoms with Gasteiger partial charge < -0.3 is 9.53 Å². The van der Waals surface area contributed by atoms with Crippen molar-refractivity contribution in [1.29, 1.82) is 0 Å². The van der Waals surface area contributed by atoms with E-state index in [0.29, 0.717) is 18.1 Å². The minimum Gasteiger partial charge on any atom is -0.547 e. The number of aliphatic hydroxyl groups excluding tert-OH is 1. The maximum absolute atomic E-state index is 10.3. The Labute approximate surface area is 142 Å². The third-order valence-electron chi connectivity index (χ3n) is 4.63. The van der Waals surface area contributed by atoms with Gasteiger partial charge in [0.15, 0.2) is 0 Å². The Kier molecular flexibility index (Phi) is 5.64. The largest absolute Gasteiger partial charge is 0.547 e. The highest BCUT2D eigenvalue weighted by molar-refractivity contribution is 6.70. The Hall–Kier alpha value is -1.18. The van der Waals surface area contributed by atoms with Crippen molar-refractivity contribution in [1.82, 2.24) is 0 Å². The highest BCUT2D eigenvalue weighted by Crippen LogP contribution is 2.42. The van der Waals surface area contributed by atoms with Crippen LogP contribution in [0.4, 0.5) is 0 Å². The predicted molar refractivity (Wildman–Crippen MR) is 99.8 cm³/mol. The first-order valence-corrected chi connectivity index (χ1v) is 12.4. The van der Waals surface area contributed by atoms with Crippen LogP contribution in [0.5, 0.6) is 0 Å². The molecule has 1 N–H and O–H groups in total. The lowest BCUT2D eigenvalue weighted by Crippen LogP contribution is -2.24. The molecule has 2 atom stereocenters. The molecule has 0 amide bonds. The van der Waals surface area contributed by atoms with Gasteiger partial charge in [0.1, 0.15) is 0 Å². The van der Waals surface area contributed by atoms with Gasteiger partial charge in [-0.3, -0.25) is 0 Å². The predicted octanol–water partition coefficient (Wildman–Crippen LogP) is 6.26. The third kappa shape index (κ3) is 4.65. The molecule has 23 heavy (non-hydrogen) atoms. The molecular weight excluding hydrogens is 300 g/mol. The first kappa shape index (κ1) is 18.2. The van der Waals surface area contributed by atoms with Crippen molar-refractivity contribution in [2.45, 2.75) is 72.5 Å². The van der Waals surface area contributed by atoms with Crippen molar-refractivity contribution < 1.29 is 9.53 Å². The second kappa shape index (κ2) is 7.15. The van der Waals surface area contributed by atoms with E-state index in [4.69, 9.17) is 4.43 Å². The molecule has 0 saturated carbocycles. The summed E-state index contributed by atoms with van der Waals surface area (Å²) in [4.78, 5) is 0. The molecule has 0 unspecified atom stereocenters. The highest BCUT2D eigenvalue weighted by Gasteiger charge is 2.32. The first-order chi connectivity index (χ1) is 10.7. The molecule has 0 aromatic rings. The van der Waals surface area contributed by atoms with E-state index in [2.05, 4.69) is 46.1 Å². The quantitative estimate of drug-likeness (QED) is 0.476. The second-order valence-electron chi connectivity index (χ2n) is 7.98. The van der Waals surface area contributed by atoms with Crippen LogP contribution in [0.3, 0.4) is 0 Å². The third-order valence-corrected chi connectivity index (χ3v) is 5.49. The molecule has 3 heteroatoms. The molecule has 0 radical (unpaired) electrons. The molecule has 0 aromatic carbocycles. The van der Waals surface area contributed by atoms with Crippen LogP contribution in [0.1, 0.15) is 52.9 Å². The average molecular weight is 333 g/mol. The number of unbranched alkanes of at least 4 members (excludes halogenated alkanes) is 1. The van der Waals surface area contributed by atoms with E-state index in [1.807, 2.05) is 6.08 Å². The van der Waals surface area contributed by atoms with Gasteiger partial charge in [0.2, 0.25) is 8.32 Å². The average Bonchev–Trinajstić information content (AvgIpc) is 2.67. The Morgan fingerprint density at radius 2 is 2.00 bits per heavy atom. The van der Waals surface area contributed by atoms with Crippen LogP contribution in [0.2, 0.25) is 19.6 Å². The maximum atomic E-state index is 10.3. The fraction of sp³-hybridized carbons (Fsp3) is 0.650. The number of hydrogen-bond acceptors (Lipinski definition) is 2. The molecule has 0 saturated heterocycles. The number of aliphatic hydroxyl groups is 1. The summed E-state index contributed by atoms with van der Waals surface area (Å²) in [5.74, 6) is 2.25. The number of allylic oxidation sites excluding steroid dienone is 5. The zero-order valence-electron chi connectivity index (χ0n) is 15.6. The Morgan fingerprint density at radius 3 is 2.61 bits per heavy atom. The lowest BCUT2D eigenvalue weighted by Gasteiger charge is -2.21. The number of fused-ring (bicyclic) bond motifs is 1. The van der Waals surface area contributed by atoms with Crippen LogP contribution in [0.15, 0.2) is 40.0 Å². The van der Waals surface area contributed by atoms with E-state index in [1.54, 1.807) is 0 Å². The van der Waals surface area contributed by atoms with Crippen molar-refractivity contribution in [3.63, 3.8) is 0 Å². The van der Waals surface area contributed by atoms with E-state index in [0.717, 1.165) is 18.6 Å². The van der Waals surface area contributed by atoms with Gasteiger partial charge in [-0.2, -0.15) is 0 Å². The summed E-state index contributed by atoms with van der Waals surface area (Å²) < 4.78 is 6.31. The topological polar surface area (TPSA) is 29.5 Å². The van der Waals surface area contributed by atoms with Gasteiger partial charge in [0.25, 0.3) is 0 Å². The molecular formula is C20H32O2Si. The normalized spacial score (nSPS) is 27.5. The van der Waals surface area contributed by atoms with Gasteiger partial charge >= 0.3 is 0 Å². The summed E-state index contributed by atoms with van der Waals surface area (Å²) in [5.41, 5.74) is 7.60. The van der Waals surface area contributed by atoms with Crippen molar-refractivity contribution in [2.24, 2.45) is 11.8 Å². The summed E-state index contributed by atoms with van der Waals surface area (Å²) in [6.45, 7) is 13.2. The zero-order chi connectivity index (χ0) is 17.2. The van der Waals surface area contributed by atoms with Gasteiger partial charge in [-0.1, -0.05) is 20.3 Å². The molecule has 2 aliphatic rings. The van der Waals surface area contributed by atoms with Crippen LogP contribution in [-0.4, -0.2) is 13.4 Å². The van der Waals surface area contributed by atoms with Gasteiger partial charge in [0.05, 0.1) is 11.5 Å². The molecule has 0 aromatic heterocycles. The lowest BCUT2D eigenvalue weighted by atomic mass is 9.87. The van der Waals surface area contributed by atoms with Crippen molar-refractivity contribution >= 4 is 8.32 Å². The summed E-state index contributed by atoms with van der Waals surface area (Å²) in [7, 11) is -1.60. The van der Waals surface area contributed by atoms with Gasteiger partial charge in [-0.25, -0.2) is 0 Å². The van der Waals surface area contributed by atoms with Gasteiger partial charge in [-0.05, 0) is 56.6 Å². The molecule has 0 bridgehead atoms. The molecule has 0 heterocycles. The summed E-state index contributed by atoms with van der Waals surface area (Å²) >= 11 is 0. The van der Waals surface area contributed by atoms with Gasteiger partial charge in [0, 0.05) is 30.3 Å². The minimum atomic E-state index is -1.60. The van der Waals surface area contributed by atoms with Gasteiger partial charge in [-0.15, -0.1) is 5.73 Å². The Balaban J connectivity index is 2.44. The van der Waals surface area contributed by atoms with E-state index < -0.39 is 8.32 Å². The molecule has 2 nitrogen and oxygen atoms in total. The maximum Gasteiger partial charge on any atom is 0.241 e. The summed E-state index contributed by atoms with van der Waals surface area (Å²) in [5, 5.41) is 10.3.